The molecule has 2 heterocycles. The highest BCUT2D eigenvalue weighted by molar-refractivity contribution is 14.1. The molecule has 0 aliphatic rings. The summed E-state index contributed by atoms with van der Waals surface area (Å²) >= 11 is 1.63. The average molecular weight is 317 g/mol. The Morgan fingerprint density at radius 1 is 1.53 bits per heavy atom. The maximum Gasteiger partial charge on any atom is 0.288 e. The minimum absolute atomic E-state index is 0.0889. The van der Waals surface area contributed by atoms with Crippen molar-refractivity contribution in [3.8, 4) is 0 Å². The molecule has 0 spiro atoms. The fourth-order valence-corrected chi connectivity index (χ4v) is 1.50. The summed E-state index contributed by atoms with van der Waals surface area (Å²) in [5, 5.41) is 11.0. The van der Waals surface area contributed by atoms with Gasteiger partial charge in [-0.3, -0.25) is 14.9 Å². The molecule has 15 heavy (non-hydrogen) atoms. The van der Waals surface area contributed by atoms with Crippen LogP contribution in [0.15, 0.2) is 18.3 Å². The van der Waals surface area contributed by atoms with Gasteiger partial charge in [0.05, 0.1) is 10.6 Å². The predicted octanol–water partition coefficient (Wildman–Crippen LogP) is 2.05. The van der Waals surface area contributed by atoms with Gasteiger partial charge in [0, 0.05) is 34.0 Å². The molecule has 76 valence electrons. The van der Waals surface area contributed by atoms with Crippen molar-refractivity contribution in [2.45, 2.75) is 0 Å². The summed E-state index contributed by atoms with van der Waals surface area (Å²) in [6.45, 7) is 0. The number of halogens is 1. The highest BCUT2D eigenvalue weighted by Gasteiger charge is 2.11. The molecular weight excluding hydrogens is 313 g/mol. The number of aromatic nitrogens is 2. The van der Waals surface area contributed by atoms with E-state index in [4.69, 9.17) is 0 Å². The van der Waals surface area contributed by atoms with Crippen molar-refractivity contribution in [1.82, 2.24) is 9.97 Å². The fraction of sp³-hybridized carbons (Fsp3) is 0. The number of H-pyrrole nitrogens is 1. The molecule has 2 aromatic rings. The number of carbonyl (C=O) groups is 1. The van der Waals surface area contributed by atoms with E-state index in [2.05, 4.69) is 9.97 Å². The van der Waals surface area contributed by atoms with E-state index in [1.54, 1.807) is 28.7 Å². The number of nitro groups is 1. The number of carbonyl (C=O) groups excluding carboxylic acids is 1. The van der Waals surface area contributed by atoms with Gasteiger partial charge in [-0.1, -0.05) is 0 Å². The normalized spacial score (nSPS) is 10.5. The van der Waals surface area contributed by atoms with Gasteiger partial charge in [-0.25, -0.2) is 4.98 Å². The number of nitrogens with one attached hydrogen (secondary N) is 1. The molecule has 2 aromatic heterocycles. The SMILES string of the molecule is O=C(I)c1cc2cc([N+](=O)[O-])cnc2[nH]1. The third-order valence-electron chi connectivity index (χ3n) is 1.88. The van der Waals surface area contributed by atoms with Gasteiger partial charge in [0.2, 0.25) is 3.79 Å². The number of pyridine rings is 1. The first kappa shape index (κ1) is 10.0. The van der Waals surface area contributed by atoms with Crippen LogP contribution in [-0.4, -0.2) is 18.7 Å². The molecule has 0 saturated heterocycles. The molecule has 1 N–H and O–H groups in total. The van der Waals surface area contributed by atoms with Gasteiger partial charge >= 0.3 is 0 Å². The van der Waals surface area contributed by atoms with Crippen LogP contribution in [0.5, 0.6) is 0 Å². The minimum Gasteiger partial charge on any atom is -0.336 e. The van der Waals surface area contributed by atoms with Crippen molar-refractivity contribution in [3.63, 3.8) is 0 Å². The zero-order valence-corrected chi connectivity index (χ0v) is 9.39. The lowest BCUT2D eigenvalue weighted by atomic mass is 10.3. The van der Waals surface area contributed by atoms with Gasteiger partial charge < -0.3 is 4.98 Å². The van der Waals surface area contributed by atoms with Gasteiger partial charge in [-0.05, 0) is 6.07 Å². The van der Waals surface area contributed by atoms with E-state index in [1.807, 2.05) is 0 Å². The van der Waals surface area contributed by atoms with E-state index < -0.39 is 4.92 Å². The minimum atomic E-state index is -0.523. The Labute approximate surface area is 97.0 Å². The van der Waals surface area contributed by atoms with E-state index in [-0.39, 0.29) is 9.48 Å². The fourth-order valence-electron chi connectivity index (χ4n) is 1.21. The Kier molecular flexibility index (Phi) is 2.39. The van der Waals surface area contributed by atoms with Crippen molar-refractivity contribution in [2.75, 3.05) is 0 Å². The maximum absolute atomic E-state index is 11.0. The molecule has 0 fully saturated rings. The summed E-state index contributed by atoms with van der Waals surface area (Å²) in [7, 11) is 0. The van der Waals surface area contributed by atoms with E-state index >= 15 is 0 Å². The summed E-state index contributed by atoms with van der Waals surface area (Å²) < 4.78 is -0.159. The average Bonchev–Trinajstić information content (AvgIpc) is 2.59. The monoisotopic (exact) mass is 317 g/mol. The van der Waals surface area contributed by atoms with Crippen LogP contribution in [0.4, 0.5) is 5.69 Å². The van der Waals surface area contributed by atoms with E-state index in [1.165, 1.54) is 6.07 Å². The molecule has 0 aromatic carbocycles. The van der Waals surface area contributed by atoms with Crippen molar-refractivity contribution in [2.24, 2.45) is 0 Å². The molecule has 2 rings (SSSR count). The largest absolute Gasteiger partial charge is 0.336 e. The molecule has 0 amide bonds. The lowest BCUT2D eigenvalue weighted by molar-refractivity contribution is -0.385. The number of hydrogen-bond donors (Lipinski definition) is 1. The quantitative estimate of drug-likeness (QED) is 0.397. The molecule has 0 bridgehead atoms. The molecule has 6 nitrogen and oxygen atoms in total. The number of fused-ring (bicyclic) bond motifs is 1. The summed E-state index contributed by atoms with van der Waals surface area (Å²) in [6, 6.07) is 2.92. The van der Waals surface area contributed by atoms with Gasteiger partial charge in [-0.15, -0.1) is 0 Å². The first-order valence-corrected chi connectivity index (χ1v) is 4.99. The van der Waals surface area contributed by atoms with Crippen LogP contribution in [-0.2, 0) is 0 Å². The Balaban J connectivity index is 2.62. The van der Waals surface area contributed by atoms with Crippen molar-refractivity contribution < 1.29 is 9.72 Å². The topological polar surface area (TPSA) is 88.9 Å². The predicted molar refractivity (Wildman–Crippen MR) is 61.1 cm³/mol. The number of nitrogens with zero attached hydrogens (tertiary/aromatic N) is 2. The van der Waals surface area contributed by atoms with Crippen LogP contribution in [0.25, 0.3) is 11.0 Å². The van der Waals surface area contributed by atoms with Gasteiger partial charge in [0.1, 0.15) is 11.8 Å². The van der Waals surface area contributed by atoms with Crippen molar-refractivity contribution in [1.29, 1.82) is 0 Å². The van der Waals surface area contributed by atoms with Crippen LogP contribution >= 0.6 is 22.6 Å². The second-order valence-corrected chi connectivity index (χ2v) is 3.82. The molecule has 7 heteroatoms. The molecule has 0 radical (unpaired) electrons. The van der Waals surface area contributed by atoms with E-state index in [0.717, 1.165) is 6.20 Å². The Bertz CT molecular complexity index is 551. The van der Waals surface area contributed by atoms with E-state index in [0.29, 0.717) is 16.7 Å². The van der Waals surface area contributed by atoms with Crippen LogP contribution in [0.2, 0.25) is 0 Å². The second kappa shape index (κ2) is 3.57. The summed E-state index contributed by atoms with van der Waals surface area (Å²) in [4.78, 5) is 27.6. The Hall–Kier alpha value is -1.51. The second-order valence-electron chi connectivity index (χ2n) is 2.85. The Morgan fingerprint density at radius 3 is 2.87 bits per heavy atom. The number of rotatable bonds is 2. The lowest BCUT2D eigenvalue weighted by Gasteiger charge is -1.89. The van der Waals surface area contributed by atoms with Crippen molar-refractivity contribution in [3.05, 3.63) is 34.1 Å². The molecule has 0 atom stereocenters. The van der Waals surface area contributed by atoms with Gasteiger partial charge in [-0.2, -0.15) is 0 Å². The highest BCUT2D eigenvalue weighted by Crippen LogP contribution is 2.20. The Morgan fingerprint density at radius 2 is 2.27 bits per heavy atom. The molecule has 0 aliphatic heterocycles. The lowest BCUT2D eigenvalue weighted by Crippen LogP contribution is -1.88. The van der Waals surface area contributed by atoms with Crippen LogP contribution in [0.1, 0.15) is 10.5 Å². The number of hydrogen-bond acceptors (Lipinski definition) is 4. The molecule has 0 saturated carbocycles. The first-order chi connectivity index (χ1) is 7.08. The molecular formula is C8H4IN3O3. The van der Waals surface area contributed by atoms with Gasteiger partial charge in [0.25, 0.3) is 5.69 Å². The summed E-state index contributed by atoms with van der Waals surface area (Å²) in [5.41, 5.74) is 0.771. The standard InChI is InChI=1S/C8H4IN3O3/c9-7(13)6-2-4-1-5(12(14)15)3-10-8(4)11-6/h1-3H,(H,10,11). The van der Waals surface area contributed by atoms with Gasteiger partial charge in [0.15, 0.2) is 0 Å². The zero-order valence-electron chi connectivity index (χ0n) is 7.23. The number of aromatic amines is 1. The maximum atomic E-state index is 11.0. The third-order valence-corrected chi connectivity index (χ3v) is 2.46. The highest BCUT2D eigenvalue weighted by atomic mass is 127. The van der Waals surface area contributed by atoms with Crippen molar-refractivity contribution >= 4 is 43.1 Å². The van der Waals surface area contributed by atoms with Crippen LogP contribution < -0.4 is 0 Å². The zero-order chi connectivity index (χ0) is 11.0. The summed E-state index contributed by atoms with van der Waals surface area (Å²) in [5.74, 6) is 0. The summed E-state index contributed by atoms with van der Waals surface area (Å²) in [6.07, 6.45) is 1.15. The first-order valence-electron chi connectivity index (χ1n) is 3.91. The smallest absolute Gasteiger partial charge is 0.288 e. The third kappa shape index (κ3) is 1.82. The van der Waals surface area contributed by atoms with E-state index in [9.17, 15) is 14.9 Å². The van der Waals surface area contributed by atoms with Crippen LogP contribution in [0, 0.1) is 10.1 Å². The molecule has 0 aliphatic carbocycles. The van der Waals surface area contributed by atoms with Crippen LogP contribution in [0.3, 0.4) is 0 Å². The molecule has 0 unspecified atom stereocenters.